The molecule has 0 aliphatic carbocycles. The van der Waals surface area contributed by atoms with E-state index in [1.165, 1.54) is 0 Å². The molecule has 0 nitrogen and oxygen atoms in total. The van der Waals surface area contributed by atoms with Crippen molar-refractivity contribution in [1.82, 2.24) is 0 Å². The first-order chi connectivity index (χ1) is 8.85. The molecule has 0 radical (unpaired) electrons. The topological polar surface area (TPSA) is 0 Å². The molecule has 114 valence electrons. The zero-order chi connectivity index (χ0) is 15.9. The number of hydrogen-bond donors (Lipinski definition) is 0. The Hall–Kier alpha value is -1.05. The largest absolute Gasteiger partial charge is 0.402 e. The van der Waals surface area contributed by atoms with Crippen molar-refractivity contribution >= 4 is 11.6 Å². The van der Waals surface area contributed by atoms with Crippen molar-refractivity contribution in [2.24, 2.45) is 5.92 Å². The van der Waals surface area contributed by atoms with Crippen LogP contribution in [0.2, 0.25) is 0 Å². The molecule has 0 fully saturated rings. The fraction of sp³-hybridized carbons (Fsp3) is 0.455. The Morgan fingerprint density at radius 2 is 1.35 bits per heavy atom. The highest BCUT2D eigenvalue weighted by Gasteiger charge is 2.60. The van der Waals surface area contributed by atoms with Gasteiger partial charge in [0.15, 0.2) is 5.92 Å². The van der Waals surface area contributed by atoms with Crippen LogP contribution in [0.1, 0.15) is 16.5 Å². The Morgan fingerprint density at radius 3 is 1.75 bits per heavy atom. The predicted octanol–water partition coefficient (Wildman–Crippen LogP) is 5.29. The molecule has 0 heterocycles. The molecule has 0 aromatic heterocycles. The van der Waals surface area contributed by atoms with Crippen LogP contribution in [0.25, 0.3) is 0 Å². The molecule has 1 unspecified atom stereocenters. The zero-order valence-electron chi connectivity index (χ0n) is 9.71. The molecular weight excluding hydrogens is 320 g/mol. The fourth-order valence-corrected chi connectivity index (χ4v) is 2.04. The van der Waals surface area contributed by atoms with Crippen LogP contribution in [0, 0.1) is 24.5 Å². The maximum atomic E-state index is 13.4. The molecule has 1 atom stereocenters. The molecular formula is C11H7ClF8. The van der Waals surface area contributed by atoms with Gasteiger partial charge in [-0.25, -0.2) is 8.78 Å². The molecule has 0 spiro atoms. The minimum absolute atomic E-state index is 0.198. The molecule has 0 N–H and O–H groups in total. The average Bonchev–Trinajstić information content (AvgIpc) is 2.18. The summed E-state index contributed by atoms with van der Waals surface area (Å²) < 4.78 is 101. The second-order valence-corrected chi connectivity index (χ2v) is 4.56. The second kappa shape index (κ2) is 5.38. The van der Waals surface area contributed by atoms with Gasteiger partial charge in [-0.15, -0.1) is 11.6 Å². The van der Waals surface area contributed by atoms with Gasteiger partial charge in [0.2, 0.25) is 0 Å². The Balaban J connectivity index is 3.34. The van der Waals surface area contributed by atoms with Crippen LogP contribution in [0.3, 0.4) is 0 Å². The van der Waals surface area contributed by atoms with Crippen LogP contribution in [-0.2, 0) is 0 Å². The van der Waals surface area contributed by atoms with Gasteiger partial charge in [0.05, 0.1) is 5.38 Å². The van der Waals surface area contributed by atoms with Crippen LogP contribution in [0.5, 0.6) is 0 Å². The van der Waals surface area contributed by atoms with E-state index < -0.39 is 40.8 Å². The number of aryl methyl sites for hydroxylation is 1. The molecule has 1 aromatic rings. The first-order valence-electron chi connectivity index (χ1n) is 5.08. The third kappa shape index (κ3) is 3.53. The molecule has 9 heteroatoms. The number of alkyl halides is 7. The minimum Gasteiger partial charge on any atom is -0.207 e. The van der Waals surface area contributed by atoms with Crippen LogP contribution in [-0.4, -0.2) is 12.4 Å². The highest BCUT2D eigenvalue weighted by Crippen LogP contribution is 2.49. The van der Waals surface area contributed by atoms with Crippen molar-refractivity contribution in [2.45, 2.75) is 24.7 Å². The molecule has 0 saturated carbocycles. The van der Waals surface area contributed by atoms with E-state index in [-0.39, 0.29) is 11.6 Å². The predicted molar refractivity (Wildman–Crippen MR) is 55.3 cm³/mol. The van der Waals surface area contributed by atoms with Crippen molar-refractivity contribution in [3.63, 3.8) is 0 Å². The maximum absolute atomic E-state index is 13.4. The smallest absolute Gasteiger partial charge is 0.207 e. The van der Waals surface area contributed by atoms with Gasteiger partial charge in [-0.05, 0) is 18.6 Å². The average molecular weight is 327 g/mol. The molecule has 0 amide bonds. The first kappa shape index (κ1) is 17.0. The second-order valence-electron chi connectivity index (χ2n) is 4.09. The van der Waals surface area contributed by atoms with Crippen molar-refractivity contribution < 1.29 is 35.1 Å². The molecule has 1 rings (SSSR count). The van der Waals surface area contributed by atoms with Gasteiger partial charge in [-0.1, -0.05) is 0 Å². The number of hydrogen-bond acceptors (Lipinski definition) is 0. The molecule has 1 aromatic carbocycles. The van der Waals surface area contributed by atoms with E-state index in [4.69, 9.17) is 11.6 Å². The van der Waals surface area contributed by atoms with Crippen LogP contribution in [0.15, 0.2) is 12.1 Å². The lowest BCUT2D eigenvalue weighted by Gasteiger charge is -2.27. The summed E-state index contributed by atoms with van der Waals surface area (Å²) in [6, 6.07) is 0.733. The van der Waals surface area contributed by atoms with Gasteiger partial charge in [0.1, 0.15) is 11.6 Å². The van der Waals surface area contributed by atoms with E-state index in [9.17, 15) is 35.1 Å². The third-order valence-electron chi connectivity index (χ3n) is 2.57. The normalized spacial score (nSPS) is 14.8. The van der Waals surface area contributed by atoms with E-state index in [0.717, 1.165) is 6.92 Å². The van der Waals surface area contributed by atoms with Gasteiger partial charge in [0, 0.05) is 11.6 Å². The highest BCUT2D eigenvalue weighted by molar-refractivity contribution is 6.21. The highest BCUT2D eigenvalue weighted by atomic mass is 35.5. The maximum Gasteiger partial charge on any atom is 0.402 e. The monoisotopic (exact) mass is 326 g/mol. The summed E-state index contributed by atoms with van der Waals surface area (Å²) in [5.41, 5.74) is -1.36. The summed E-state index contributed by atoms with van der Waals surface area (Å²) in [6.07, 6.45) is -11.4. The number of benzene rings is 1. The summed E-state index contributed by atoms with van der Waals surface area (Å²) in [7, 11) is 0. The van der Waals surface area contributed by atoms with E-state index >= 15 is 0 Å². The third-order valence-corrected chi connectivity index (χ3v) is 3.06. The van der Waals surface area contributed by atoms with E-state index in [1.54, 1.807) is 0 Å². The zero-order valence-corrected chi connectivity index (χ0v) is 10.5. The van der Waals surface area contributed by atoms with Crippen molar-refractivity contribution in [1.29, 1.82) is 0 Å². The number of halogens is 9. The van der Waals surface area contributed by atoms with Crippen LogP contribution in [0.4, 0.5) is 35.1 Å². The summed E-state index contributed by atoms with van der Waals surface area (Å²) in [5, 5.41) is -2.74. The summed E-state index contributed by atoms with van der Waals surface area (Å²) in [6.45, 7) is 1.07. The van der Waals surface area contributed by atoms with Crippen molar-refractivity contribution in [3.05, 3.63) is 34.9 Å². The Labute approximate surface area is 113 Å². The molecule has 20 heavy (non-hydrogen) atoms. The Morgan fingerprint density at radius 1 is 0.900 bits per heavy atom. The Bertz CT molecular complexity index is 476. The van der Waals surface area contributed by atoms with Crippen molar-refractivity contribution in [2.75, 3.05) is 0 Å². The molecule has 0 aliphatic heterocycles. The lowest BCUT2D eigenvalue weighted by Crippen LogP contribution is -2.39. The summed E-state index contributed by atoms with van der Waals surface area (Å²) in [5.74, 6) is -6.60. The lowest BCUT2D eigenvalue weighted by atomic mass is 9.95. The fourth-order valence-electron chi connectivity index (χ4n) is 1.59. The standard InChI is InChI=1S/C11H7ClF8/c1-4-2-5(7(14)3-6(4)13)8(12)9(10(15,16)17)11(18,19)20/h2-3,8-9H,1H3. The van der Waals surface area contributed by atoms with E-state index in [0.29, 0.717) is 6.07 Å². The van der Waals surface area contributed by atoms with Gasteiger partial charge in [0.25, 0.3) is 0 Å². The van der Waals surface area contributed by atoms with E-state index in [2.05, 4.69) is 0 Å². The quantitative estimate of drug-likeness (QED) is 0.511. The van der Waals surface area contributed by atoms with Crippen LogP contribution < -0.4 is 0 Å². The molecule has 0 aliphatic rings. The number of rotatable bonds is 2. The van der Waals surface area contributed by atoms with Gasteiger partial charge in [-0.2, -0.15) is 26.3 Å². The summed E-state index contributed by atoms with van der Waals surface area (Å²) in [4.78, 5) is 0. The first-order valence-corrected chi connectivity index (χ1v) is 5.52. The van der Waals surface area contributed by atoms with Crippen LogP contribution >= 0.6 is 11.6 Å². The van der Waals surface area contributed by atoms with E-state index in [1.807, 2.05) is 0 Å². The van der Waals surface area contributed by atoms with Gasteiger partial charge >= 0.3 is 12.4 Å². The summed E-state index contributed by atoms with van der Waals surface area (Å²) >= 11 is 5.17. The van der Waals surface area contributed by atoms with Gasteiger partial charge in [-0.3, -0.25) is 0 Å². The van der Waals surface area contributed by atoms with Crippen molar-refractivity contribution in [3.8, 4) is 0 Å². The molecule has 0 bridgehead atoms. The van der Waals surface area contributed by atoms with Gasteiger partial charge < -0.3 is 0 Å². The Kier molecular flexibility index (Phi) is 4.58. The SMILES string of the molecule is Cc1cc(C(Cl)C(C(F)(F)F)C(F)(F)F)c(F)cc1F. The lowest BCUT2D eigenvalue weighted by molar-refractivity contribution is -0.285. The minimum atomic E-state index is -5.71. The molecule has 0 saturated heterocycles.